The summed E-state index contributed by atoms with van der Waals surface area (Å²) < 4.78 is 2.18. The first-order chi connectivity index (χ1) is 17.3. The zero-order valence-corrected chi connectivity index (χ0v) is 20.4. The molecule has 1 atom stereocenters. The maximum atomic E-state index is 13.1. The summed E-state index contributed by atoms with van der Waals surface area (Å²) in [6.07, 6.45) is 7.35. The largest absolute Gasteiger partial charge is 0.481 e. The fourth-order valence-electron chi connectivity index (χ4n) is 5.39. The molecule has 1 unspecified atom stereocenters. The first kappa shape index (κ1) is 25.7. The van der Waals surface area contributed by atoms with E-state index in [-0.39, 0.29) is 24.7 Å². The van der Waals surface area contributed by atoms with E-state index in [0.29, 0.717) is 49.4 Å². The predicted molar refractivity (Wildman–Crippen MR) is 132 cm³/mol. The van der Waals surface area contributed by atoms with E-state index in [9.17, 15) is 24.3 Å². The lowest BCUT2D eigenvalue weighted by Gasteiger charge is -2.23. The maximum Gasteiger partial charge on any atom is 0.326 e. The number of fused-ring (bicyclic) bond motifs is 1. The monoisotopic (exact) mass is 498 g/mol. The fraction of sp³-hybridized carbons (Fsp3) is 0.577. The van der Waals surface area contributed by atoms with Crippen molar-refractivity contribution in [2.75, 3.05) is 13.1 Å². The van der Waals surface area contributed by atoms with Crippen molar-refractivity contribution in [3.63, 3.8) is 0 Å². The van der Waals surface area contributed by atoms with Gasteiger partial charge in [0.1, 0.15) is 11.9 Å². The summed E-state index contributed by atoms with van der Waals surface area (Å²) in [5.74, 6) is -1.24. The molecular weight excluding hydrogens is 464 g/mol. The van der Waals surface area contributed by atoms with Crippen LogP contribution in [0.25, 0.3) is 11.0 Å². The van der Waals surface area contributed by atoms with Crippen molar-refractivity contribution in [3.05, 3.63) is 29.6 Å². The maximum absolute atomic E-state index is 13.1. The number of carbonyl (C=O) groups is 4. The van der Waals surface area contributed by atoms with Crippen LogP contribution in [0.5, 0.6) is 0 Å². The average Bonchev–Trinajstić information content (AvgIpc) is 3.48. The normalized spacial score (nSPS) is 18.4. The van der Waals surface area contributed by atoms with Crippen molar-refractivity contribution < 1.29 is 29.4 Å². The van der Waals surface area contributed by atoms with Crippen LogP contribution in [0.3, 0.4) is 0 Å². The van der Waals surface area contributed by atoms with Crippen molar-refractivity contribution in [1.29, 1.82) is 0 Å². The standard InChI is InChI=1S/C26H34N4O6/c31-23(10-11-24(32)33)27-13-12-22-28-19-15-18(25(34)29-14-4-7-21(29)26(35)36)8-9-20(19)30(22)16-17-5-2-1-3-6-17/h8-9,15,17,21H,1-7,10-14,16H2,(H,27,31)(H,32,33)(H,35,36). The molecule has 0 spiro atoms. The minimum atomic E-state index is -1.01. The molecule has 1 saturated carbocycles. The van der Waals surface area contributed by atoms with E-state index in [1.54, 1.807) is 12.1 Å². The van der Waals surface area contributed by atoms with E-state index in [1.165, 1.54) is 24.2 Å². The number of aliphatic carboxylic acids is 2. The van der Waals surface area contributed by atoms with Gasteiger partial charge in [-0.25, -0.2) is 9.78 Å². The molecule has 1 aromatic heterocycles. The number of aromatic nitrogens is 2. The number of hydrogen-bond acceptors (Lipinski definition) is 5. The van der Waals surface area contributed by atoms with E-state index in [0.717, 1.165) is 30.7 Å². The Balaban J connectivity index is 1.54. The minimum Gasteiger partial charge on any atom is -0.481 e. The highest BCUT2D eigenvalue weighted by atomic mass is 16.4. The third kappa shape index (κ3) is 6.03. The molecular formula is C26H34N4O6. The summed E-state index contributed by atoms with van der Waals surface area (Å²) in [4.78, 5) is 53.5. The van der Waals surface area contributed by atoms with Gasteiger partial charge in [0, 0.05) is 38.0 Å². The molecule has 1 aromatic carbocycles. The molecule has 36 heavy (non-hydrogen) atoms. The molecule has 2 aliphatic rings. The Bertz CT molecular complexity index is 1140. The van der Waals surface area contributed by atoms with Crippen LogP contribution in [0.4, 0.5) is 0 Å². The van der Waals surface area contributed by atoms with Gasteiger partial charge in [-0.1, -0.05) is 19.3 Å². The number of likely N-dealkylation sites (tertiary alicyclic amines) is 1. The number of benzene rings is 1. The highest BCUT2D eigenvalue weighted by Crippen LogP contribution is 2.29. The Labute approximate surface area is 209 Å². The zero-order valence-electron chi connectivity index (χ0n) is 20.4. The summed E-state index contributed by atoms with van der Waals surface area (Å²) in [5, 5.41) is 21.0. The molecule has 2 aromatic rings. The Hall–Kier alpha value is -3.43. The van der Waals surface area contributed by atoms with Gasteiger partial charge in [0.05, 0.1) is 17.5 Å². The van der Waals surface area contributed by atoms with Crippen molar-refractivity contribution in [3.8, 4) is 0 Å². The van der Waals surface area contributed by atoms with E-state index in [2.05, 4.69) is 9.88 Å². The molecule has 10 nitrogen and oxygen atoms in total. The molecule has 2 fully saturated rings. The third-order valence-corrected chi connectivity index (χ3v) is 7.28. The van der Waals surface area contributed by atoms with E-state index >= 15 is 0 Å². The van der Waals surface area contributed by atoms with Gasteiger partial charge >= 0.3 is 11.9 Å². The lowest BCUT2D eigenvalue weighted by Crippen LogP contribution is -2.40. The molecule has 1 saturated heterocycles. The smallest absolute Gasteiger partial charge is 0.326 e. The van der Waals surface area contributed by atoms with Crippen molar-refractivity contribution in [2.24, 2.45) is 5.92 Å². The van der Waals surface area contributed by atoms with Gasteiger partial charge in [0.25, 0.3) is 5.91 Å². The number of rotatable bonds is 10. The number of nitrogens with zero attached hydrogens (tertiary/aromatic N) is 3. The van der Waals surface area contributed by atoms with Crippen LogP contribution < -0.4 is 5.32 Å². The summed E-state index contributed by atoms with van der Waals surface area (Å²) in [5.41, 5.74) is 2.02. The minimum absolute atomic E-state index is 0.0624. The lowest BCUT2D eigenvalue weighted by molar-refractivity contribution is -0.141. The van der Waals surface area contributed by atoms with E-state index in [1.807, 2.05) is 6.07 Å². The second-order valence-electron chi connectivity index (χ2n) is 9.83. The van der Waals surface area contributed by atoms with Gasteiger partial charge in [0.15, 0.2) is 0 Å². The zero-order chi connectivity index (χ0) is 25.7. The average molecular weight is 499 g/mol. The Kier molecular flexibility index (Phi) is 8.22. The first-order valence-corrected chi connectivity index (χ1v) is 12.8. The molecule has 2 amide bonds. The fourth-order valence-corrected chi connectivity index (χ4v) is 5.39. The molecule has 1 aliphatic heterocycles. The van der Waals surface area contributed by atoms with Gasteiger partial charge in [-0.3, -0.25) is 14.4 Å². The topological polar surface area (TPSA) is 142 Å². The molecule has 4 rings (SSSR count). The Morgan fingerprint density at radius 3 is 2.50 bits per heavy atom. The highest BCUT2D eigenvalue weighted by Gasteiger charge is 2.34. The van der Waals surface area contributed by atoms with Gasteiger partial charge in [-0.05, 0) is 49.8 Å². The van der Waals surface area contributed by atoms with Crippen LogP contribution in [0.1, 0.15) is 74.0 Å². The van der Waals surface area contributed by atoms with Gasteiger partial charge in [0.2, 0.25) is 5.91 Å². The third-order valence-electron chi connectivity index (χ3n) is 7.28. The lowest BCUT2D eigenvalue weighted by atomic mass is 9.89. The van der Waals surface area contributed by atoms with Gasteiger partial charge in [-0.2, -0.15) is 0 Å². The number of hydrogen-bond donors (Lipinski definition) is 3. The molecule has 0 radical (unpaired) electrons. The second kappa shape index (κ2) is 11.5. The molecule has 194 valence electrons. The van der Waals surface area contributed by atoms with E-state index < -0.39 is 18.0 Å². The molecule has 1 aliphatic carbocycles. The molecule has 10 heteroatoms. The number of imidazole rings is 1. The van der Waals surface area contributed by atoms with E-state index in [4.69, 9.17) is 10.1 Å². The van der Waals surface area contributed by atoms with Crippen LogP contribution in [0, 0.1) is 5.92 Å². The summed E-state index contributed by atoms with van der Waals surface area (Å²) >= 11 is 0. The van der Waals surface area contributed by atoms with Crippen molar-refractivity contribution in [1.82, 2.24) is 19.8 Å². The number of amides is 2. The first-order valence-electron chi connectivity index (χ1n) is 12.8. The molecule has 0 bridgehead atoms. The van der Waals surface area contributed by atoms with Gasteiger partial charge < -0.3 is 25.0 Å². The predicted octanol–water partition coefficient (Wildman–Crippen LogP) is 2.83. The highest BCUT2D eigenvalue weighted by molar-refractivity contribution is 5.99. The van der Waals surface area contributed by atoms with Crippen LogP contribution >= 0.6 is 0 Å². The summed E-state index contributed by atoms with van der Waals surface area (Å²) in [6, 6.07) is 4.58. The second-order valence-corrected chi connectivity index (χ2v) is 9.83. The van der Waals surface area contributed by atoms with Crippen molar-refractivity contribution >= 4 is 34.8 Å². The molecule has 3 N–H and O–H groups in total. The Morgan fingerprint density at radius 1 is 1.00 bits per heavy atom. The molecule has 2 heterocycles. The van der Waals surface area contributed by atoms with Crippen molar-refractivity contribution in [2.45, 2.75) is 76.8 Å². The quantitative estimate of drug-likeness (QED) is 0.457. The van der Waals surface area contributed by atoms with Crippen LogP contribution in [0.15, 0.2) is 18.2 Å². The van der Waals surface area contributed by atoms with Crippen LogP contribution in [-0.4, -0.2) is 67.5 Å². The number of carboxylic acid groups (broad SMARTS) is 2. The number of carboxylic acids is 2. The number of nitrogens with one attached hydrogen (secondary N) is 1. The summed E-state index contributed by atoms with van der Waals surface area (Å²) in [6.45, 7) is 1.59. The SMILES string of the molecule is O=C(O)CCC(=O)NCCc1nc2cc(C(=O)N3CCCC3C(=O)O)ccc2n1CC1CCCCC1. The van der Waals surface area contributed by atoms with Crippen LogP contribution in [0.2, 0.25) is 0 Å². The number of carbonyl (C=O) groups excluding carboxylic acids is 2. The van der Waals surface area contributed by atoms with Crippen LogP contribution in [-0.2, 0) is 27.3 Å². The summed E-state index contributed by atoms with van der Waals surface area (Å²) in [7, 11) is 0. The Morgan fingerprint density at radius 2 is 1.78 bits per heavy atom. The van der Waals surface area contributed by atoms with Gasteiger partial charge in [-0.15, -0.1) is 0 Å².